The van der Waals surface area contributed by atoms with E-state index >= 15 is 0 Å². The van der Waals surface area contributed by atoms with E-state index in [2.05, 4.69) is 81.5 Å². The van der Waals surface area contributed by atoms with Gasteiger partial charge in [-0.25, -0.2) is 0 Å². The number of hydrogen-bond donors (Lipinski definition) is 0. The van der Waals surface area contributed by atoms with Gasteiger partial charge in [0.2, 0.25) is 0 Å². The summed E-state index contributed by atoms with van der Waals surface area (Å²) in [7, 11) is 0. The molecule has 0 fully saturated rings. The van der Waals surface area contributed by atoms with Crippen LogP contribution in [0.2, 0.25) is 0 Å². The first kappa shape index (κ1) is 76.1. The maximum absolute atomic E-state index is 12.9. The van der Waals surface area contributed by atoms with Crippen LogP contribution in [0.3, 0.4) is 0 Å². The van der Waals surface area contributed by atoms with E-state index in [1.54, 1.807) is 0 Å². The molecule has 0 amide bonds. The van der Waals surface area contributed by atoms with Crippen LogP contribution in [0, 0.1) is 0 Å². The van der Waals surface area contributed by atoms with Gasteiger partial charge < -0.3 is 14.2 Å². The number of carbonyl (C=O) groups excluding carboxylic acids is 3. The molecule has 0 N–H and O–H groups in total. The highest BCUT2D eigenvalue weighted by Gasteiger charge is 2.19. The van der Waals surface area contributed by atoms with E-state index in [1.807, 2.05) is 0 Å². The number of allylic oxidation sites excluding steroid dienone is 10. The Morgan fingerprint density at radius 3 is 0.734 bits per heavy atom. The average molecular weight is 1110 g/mol. The zero-order chi connectivity index (χ0) is 57.1. The summed E-state index contributed by atoms with van der Waals surface area (Å²) in [6, 6.07) is 0. The van der Waals surface area contributed by atoms with Gasteiger partial charge in [-0.2, -0.15) is 0 Å². The van der Waals surface area contributed by atoms with Crippen molar-refractivity contribution in [3.8, 4) is 0 Å². The van der Waals surface area contributed by atoms with Crippen LogP contribution >= 0.6 is 0 Å². The van der Waals surface area contributed by atoms with E-state index in [0.717, 1.165) is 77.0 Å². The molecule has 6 nitrogen and oxygen atoms in total. The third kappa shape index (κ3) is 65.8. The highest BCUT2D eigenvalue weighted by Crippen LogP contribution is 2.17. The Bertz CT molecular complexity index is 1410. The predicted molar refractivity (Wildman–Crippen MR) is 344 cm³/mol. The Hall–Kier alpha value is -2.89. The molecule has 0 spiro atoms. The van der Waals surface area contributed by atoms with Crippen molar-refractivity contribution in [1.29, 1.82) is 0 Å². The number of hydrogen-bond acceptors (Lipinski definition) is 6. The van der Waals surface area contributed by atoms with Crippen molar-refractivity contribution < 1.29 is 28.6 Å². The van der Waals surface area contributed by atoms with Crippen LogP contribution in [0.5, 0.6) is 0 Å². The van der Waals surface area contributed by atoms with Gasteiger partial charge in [-0.1, -0.05) is 300 Å². The molecule has 0 aliphatic carbocycles. The molecule has 1 unspecified atom stereocenters. The van der Waals surface area contributed by atoms with Crippen molar-refractivity contribution in [2.75, 3.05) is 13.2 Å². The third-order valence-electron chi connectivity index (χ3n) is 15.5. The molecule has 0 saturated heterocycles. The highest BCUT2D eigenvalue weighted by molar-refractivity contribution is 5.71. The summed E-state index contributed by atoms with van der Waals surface area (Å²) in [6.07, 6.45) is 86.6. The van der Waals surface area contributed by atoms with Gasteiger partial charge in [0, 0.05) is 19.3 Å². The van der Waals surface area contributed by atoms with Crippen molar-refractivity contribution in [1.82, 2.24) is 0 Å². The number of rotatable bonds is 64. The van der Waals surface area contributed by atoms with Gasteiger partial charge in [0.15, 0.2) is 6.10 Å². The minimum absolute atomic E-state index is 0.0760. The smallest absolute Gasteiger partial charge is 0.306 e. The maximum atomic E-state index is 12.9. The van der Waals surface area contributed by atoms with Crippen molar-refractivity contribution in [3.63, 3.8) is 0 Å². The second-order valence-electron chi connectivity index (χ2n) is 23.4. The number of carbonyl (C=O) groups is 3. The largest absolute Gasteiger partial charge is 0.462 e. The first-order valence-electron chi connectivity index (χ1n) is 34.8. The molecule has 460 valence electrons. The summed E-state index contributed by atoms with van der Waals surface area (Å²) in [4.78, 5) is 38.4. The molecule has 0 aromatic heterocycles. The lowest BCUT2D eigenvalue weighted by Gasteiger charge is -2.18. The van der Waals surface area contributed by atoms with E-state index in [-0.39, 0.29) is 31.1 Å². The van der Waals surface area contributed by atoms with Crippen molar-refractivity contribution in [2.24, 2.45) is 0 Å². The minimum Gasteiger partial charge on any atom is -0.462 e. The first-order valence-corrected chi connectivity index (χ1v) is 34.8. The number of unbranched alkanes of at least 4 members (excludes halogenated alkanes) is 43. The fraction of sp³-hybridized carbons (Fsp3) is 0.822. The molecule has 0 heterocycles. The summed E-state index contributed by atoms with van der Waals surface area (Å²) in [5.41, 5.74) is 0. The summed E-state index contributed by atoms with van der Waals surface area (Å²) < 4.78 is 17.0. The Labute approximate surface area is 491 Å². The topological polar surface area (TPSA) is 78.9 Å². The molecule has 79 heavy (non-hydrogen) atoms. The summed E-state index contributed by atoms with van der Waals surface area (Å²) in [6.45, 7) is 6.64. The van der Waals surface area contributed by atoms with Crippen LogP contribution in [0.25, 0.3) is 0 Å². The molecule has 0 saturated carbocycles. The molecule has 1 atom stereocenters. The second-order valence-corrected chi connectivity index (χ2v) is 23.4. The molecule has 0 aliphatic heterocycles. The Morgan fingerprint density at radius 1 is 0.253 bits per heavy atom. The van der Waals surface area contributed by atoms with Crippen molar-refractivity contribution >= 4 is 17.9 Å². The fourth-order valence-electron chi connectivity index (χ4n) is 10.2. The van der Waals surface area contributed by atoms with Crippen LogP contribution in [-0.4, -0.2) is 37.2 Å². The molecule has 6 heteroatoms. The van der Waals surface area contributed by atoms with Gasteiger partial charge in [0.25, 0.3) is 0 Å². The van der Waals surface area contributed by atoms with E-state index in [4.69, 9.17) is 14.2 Å². The summed E-state index contributed by atoms with van der Waals surface area (Å²) in [5, 5.41) is 0. The van der Waals surface area contributed by atoms with Gasteiger partial charge in [-0.05, 0) is 109 Å². The Kier molecular flexibility index (Phi) is 65.1. The first-order chi connectivity index (χ1) is 39.0. The van der Waals surface area contributed by atoms with Gasteiger partial charge >= 0.3 is 17.9 Å². The SMILES string of the molecule is CCCCC/C=C\C/C=C\CCCCCCCCCCCC(=O)OC(COC(=O)CCCCCCCCC/C=C\C/C=C\CCCCC)COC(=O)CCCCCCCCCCCCCCC/C=C\CCCCCCCCCC. The molecule has 0 rings (SSSR count). The van der Waals surface area contributed by atoms with E-state index < -0.39 is 6.10 Å². The Balaban J connectivity index is 4.32. The second kappa shape index (κ2) is 67.6. The number of ether oxygens (including phenoxy) is 3. The van der Waals surface area contributed by atoms with Gasteiger partial charge in [0.05, 0.1) is 0 Å². The predicted octanol–water partition coefficient (Wildman–Crippen LogP) is 23.9. The van der Waals surface area contributed by atoms with Crippen LogP contribution in [0.4, 0.5) is 0 Å². The van der Waals surface area contributed by atoms with Gasteiger partial charge in [-0.15, -0.1) is 0 Å². The lowest BCUT2D eigenvalue weighted by atomic mass is 10.0. The zero-order valence-electron chi connectivity index (χ0n) is 52.9. The van der Waals surface area contributed by atoms with Crippen LogP contribution in [-0.2, 0) is 28.6 Å². The molecular weight excluding hydrogens is 973 g/mol. The van der Waals surface area contributed by atoms with Crippen molar-refractivity contribution in [3.05, 3.63) is 60.8 Å². The average Bonchev–Trinajstić information content (AvgIpc) is 3.45. The van der Waals surface area contributed by atoms with Crippen LogP contribution in [0.1, 0.15) is 367 Å². The van der Waals surface area contributed by atoms with Crippen molar-refractivity contribution in [2.45, 2.75) is 374 Å². The quantitative estimate of drug-likeness (QED) is 0.0261. The molecular formula is C73H132O6. The Morgan fingerprint density at radius 2 is 0.456 bits per heavy atom. The summed E-state index contributed by atoms with van der Waals surface area (Å²) in [5.74, 6) is -0.867. The lowest BCUT2D eigenvalue weighted by molar-refractivity contribution is -0.167. The molecule has 0 aromatic carbocycles. The van der Waals surface area contributed by atoms with E-state index in [0.29, 0.717) is 19.3 Å². The highest BCUT2D eigenvalue weighted by atomic mass is 16.6. The van der Waals surface area contributed by atoms with Gasteiger partial charge in [0.1, 0.15) is 13.2 Å². The fourth-order valence-corrected chi connectivity index (χ4v) is 10.2. The van der Waals surface area contributed by atoms with Crippen LogP contribution in [0.15, 0.2) is 60.8 Å². The molecule has 0 aliphatic rings. The standard InChI is InChI=1S/C73H132O6/c1-4-7-10-13-16-19-22-25-28-31-33-34-35-36-37-38-40-42-45-48-51-54-57-60-63-66-72(75)78-69-70(68-77-71(74)65-62-59-56-53-50-47-44-41-30-27-24-21-18-15-12-9-6-3)79-73(76)67-64-61-58-55-52-49-46-43-39-32-29-26-23-20-17-14-11-8-5-2/h17-18,20-21,26-27,29-31,33,70H,4-16,19,22-25,28,32,34-69H2,1-3H3/b20-17-,21-18-,29-26-,30-27-,33-31-. The van der Waals surface area contributed by atoms with E-state index in [1.165, 1.54) is 250 Å². The zero-order valence-corrected chi connectivity index (χ0v) is 52.9. The molecule has 0 bridgehead atoms. The molecule has 0 radical (unpaired) electrons. The monoisotopic (exact) mass is 1110 g/mol. The maximum Gasteiger partial charge on any atom is 0.306 e. The van der Waals surface area contributed by atoms with Crippen LogP contribution < -0.4 is 0 Å². The summed E-state index contributed by atoms with van der Waals surface area (Å²) >= 11 is 0. The number of esters is 3. The van der Waals surface area contributed by atoms with E-state index in [9.17, 15) is 14.4 Å². The molecule has 0 aromatic rings. The van der Waals surface area contributed by atoms with Gasteiger partial charge in [-0.3, -0.25) is 14.4 Å². The minimum atomic E-state index is -0.781. The lowest BCUT2D eigenvalue weighted by Crippen LogP contribution is -2.30. The normalized spacial score (nSPS) is 12.4. The third-order valence-corrected chi connectivity index (χ3v) is 15.5.